The molecule has 0 radical (unpaired) electrons. The van der Waals surface area contributed by atoms with Crippen LogP contribution in [0.25, 0.3) is 0 Å². The van der Waals surface area contributed by atoms with Crippen LogP contribution in [0.1, 0.15) is 32.9 Å². The maximum Gasteiger partial charge on any atom is 0.144 e. The molecule has 1 fully saturated rings. The van der Waals surface area contributed by atoms with Crippen molar-refractivity contribution in [1.82, 2.24) is 14.9 Å². The molecule has 1 aliphatic rings. The zero-order chi connectivity index (χ0) is 13.7. The molecule has 0 amide bonds. The predicted molar refractivity (Wildman–Crippen MR) is 76.1 cm³/mol. The van der Waals surface area contributed by atoms with Crippen LogP contribution in [-0.2, 0) is 11.3 Å². The van der Waals surface area contributed by atoms with Gasteiger partial charge in [0.25, 0.3) is 0 Å². The summed E-state index contributed by atoms with van der Waals surface area (Å²) in [5.74, 6) is 0.856. The van der Waals surface area contributed by atoms with Gasteiger partial charge in [0.1, 0.15) is 5.82 Å². The molecule has 1 N–H and O–H groups in total. The van der Waals surface area contributed by atoms with E-state index in [1.54, 1.807) is 0 Å². The van der Waals surface area contributed by atoms with Gasteiger partial charge in [-0.1, -0.05) is 6.92 Å². The Morgan fingerprint density at radius 1 is 1.37 bits per heavy atom. The van der Waals surface area contributed by atoms with Gasteiger partial charge in [-0.25, -0.2) is 4.98 Å². The number of nitrogens with zero attached hydrogens (tertiary/aromatic N) is 3. The topological polar surface area (TPSA) is 50.3 Å². The van der Waals surface area contributed by atoms with Crippen molar-refractivity contribution in [1.29, 1.82) is 0 Å². The van der Waals surface area contributed by atoms with Crippen molar-refractivity contribution >= 4 is 5.82 Å². The fourth-order valence-corrected chi connectivity index (χ4v) is 2.18. The molecule has 106 valence electrons. The first-order valence-electron chi connectivity index (χ1n) is 7.09. The van der Waals surface area contributed by atoms with Crippen LogP contribution >= 0.6 is 0 Å². The molecule has 2 rings (SSSR count). The molecule has 1 aromatic rings. The zero-order valence-electron chi connectivity index (χ0n) is 12.1. The van der Waals surface area contributed by atoms with Crippen molar-refractivity contribution in [3.8, 4) is 0 Å². The molecule has 5 nitrogen and oxygen atoms in total. The summed E-state index contributed by atoms with van der Waals surface area (Å²) in [5.41, 5.74) is 1.02. The molecule has 5 heteroatoms. The first-order chi connectivity index (χ1) is 9.19. The lowest BCUT2D eigenvalue weighted by atomic mass is 10.2. The lowest BCUT2D eigenvalue weighted by Gasteiger charge is -2.36. The number of morpholine rings is 1. The minimum Gasteiger partial charge on any atom is -0.376 e. The first-order valence-corrected chi connectivity index (χ1v) is 7.09. The standard InChI is InChI=1S/C14H24N4O/c1-4-5-15-14-7-16-13(6-17-14)9-18-8-12(3)19-10-11(18)2/h6-7,11-12H,4-5,8-10H2,1-3H3,(H,15,17). The third kappa shape index (κ3) is 4.14. The number of hydrogen-bond acceptors (Lipinski definition) is 5. The van der Waals surface area contributed by atoms with Crippen molar-refractivity contribution in [3.05, 3.63) is 18.1 Å². The smallest absolute Gasteiger partial charge is 0.144 e. The Morgan fingerprint density at radius 2 is 2.21 bits per heavy atom. The molecule has 0 saturated carbocycles. The number of hydrogen-bond donors (Lipinski definition) is 1. The summed E-state index contributed by atoms with van der Waals surface area (Å²) >= 11 is 0. The summed E-state index contributed by atoms with van der Waals surface area (Å²) in [4.78, 5) is 11.3. The highest BCUT2D eigenvalue weighted by atomic mass is 16.5. The van der Waals surface area contributed by atoms with Gasteiger partial charge in [0, 0.05) is 25.7 Å². The highest BCUT2D eigenvalue weighted by Gasteiger charge is 2.23. The maximum absolute atomic E-state index is 5.63. The Hall–Kier alpha value is -1.20. The monoisotopic (exact) mass is 264 g/mol. The summed E-state index contributed by atoms with van der Waals surface area (Å²) in [6, 6.07) is 0.441. The van der Waals surface area contributed by atoms with Gasteiger partial charge in [-0.05, 0) is 20.3 Å². The zero-order valence-corrected chi connectivity index (χ0v) is 12.1. The molecule has 1 aliphatic heterocycles. The van der Waals surface area contributed by atoms with E-state index in [0.717, 1.165) is 44.2 Å². The quantitative estimate of drug-likeness (QED) is 0.880. The van der Waals surface area contributed by atoms with Crippen molar-refractivity contribution in [2.24, 2.45) is 0 Å². The second-order valence-corrected chi connectivity index (χ2v) is 5.24. The minimum absolute atomic E-state index is 0.301. The Kier molecular flexibility index (Phi) is 5.10. The van der Waals surface area contributed by atoms with Crippen LogP contribution in [0, 0.1) is 0 Å². The Balaban J connectivity index is 1.91. The Bertz CT molecular complexity index is 382. The molecular formula is C14H24N4O. The van der Waals surface area contributed by atoms with Crippen LogP contribution in [-0.4, -0.2) is 46.7 Å². The van der Waals surface area contributed by atoms with Crippen LogP contribution in [0.15, 0.2) is 12.4 Å². The van der Waals surface area contributed by atoms with E-state index in [1.165, 1.54) is 0 Å². The summed E-state index contributed by atoms with van der Waals surface area (Å²) in [7, 11) is 0. The van der Waals surface area contributed by atoms with Gasteiger partial charge in [-0.2, -0.15) is 0 Å². The largest absolute Gasteiger partial charge is 0.376 e. The molecular weight excluding hydrogens is 240 g/mol. The molecule has 2 heterocycles. The summed E-state index contributed by atoms with van der Waals surface area (Å²) in [6.07, 6.45) is 5.08. The van der Waals surface area contributed by atoms with Crippen LogP contribution in [0.2, 0.25) is 0 Å². The fourth-order valence-electron chi connectivity index (χ4n) is 2.18. The molecule has 1 saturated heterocycles. The second-order valence-electron chi connectivity index (χ2n) is 5.24. The number of aromatic nitrogens is 2. The van der Waals surface area contributed by atoms with Crippen LogP contribution < -0.4 is 5.32 Å². The summed E-state index contributed by atoms with van der Waals surface area (Å²) in [6.45, 7) is 9.97. The van der Waals surface area contributed by atoms with Gasteiger partial charge < -0.3 is 10.1 Å². The number of rotatable bonds is 5. The van der Waals surface area contributed by atoms with E-state index in [9.17, 15) is 0 Å². The van der Waals surface area contributed by atoms with Crippen molar-refractivity contribution in [3.63, 3.8) is 0 Å². The highest BCUT2D eigenvalue weighted by molar-refractivity contribution is 5.30. The van der Waals surface area contributed by atoms with E-state index >= 15 is 0 Å². The van der Waals surface area contributed by atoms with Crippen molar-refractivity contribution in [2.75, 3.05) is 25.0 Å². The van der Waals surface area contributed by atoms with Gasteiger partial charge in [-0.15, -0.1) is 0 Å². The Labute approximate surface area is 115 Å². The fraction of sp³-hybridized carbons (Fsp3) is 0.714. The molecule has 0 aliphatic carbocycles. The average Bonchev–Trinajstić information content (AvgIpc) is 2.42. The summed E-state index contributed by atoms with van der Waals surface area (Å²) < 4.78 is 5.63. The molecule has 1 aromatic heterocycles. The molecule has 2 atom stereocenters. The Morgan fingerprint density at radius 3 is 2.89 bits per heavy atom. The highest BCUT2D eigenvalue weighted by Crippen LogP contribution is 2.14. The predicted octanol–water partition coefficient (Wildman–Crippen LogP) is 1.91. The van der Waals surface area contributed by atoms with Crippen LogP contribution in [0.5, 0.6) is 0 Å². The van der Waals surface area contributed by atoms with E-state index < -0.39 is 0 Å². The lowest BCUT2D eigenvalue weighted by molar-refractivity contribution is -0.0530. The van der Waals surface area contributed by atoms with Gasteiger partial charge in [0.05, 0.1) is 30.8 Å². The molecule has 2 unspecified atom stereocenters. The normalized spacial score (nSPS) is 24.4. The molecule has 0 spiro atoms. The summed E-state index contributed by atoms with van der Waals surface area (Å²) in [5, 5.41) is 3.23. The number of ether oxygens (including phenoxy) is 1. The van der Waals surface area contributed by atoms with Gasteiger partial charge >= 0.3 is 0 Å². The molecule has 0 aromatic carbocycles. The SMILES string of the molecule is CCCNc1cnc(CN2CC(C)OCC2C)cn1. The third-order valence-electron chi connectivity index (χ3n) is 3.36. The van der Waals surface area contributed by atoms with Gasteiger partial charge in [0.15, 0.2) is 0 Å². The number of anilines is 1. The van der Waals surface area contributed by atoms with Crippen LogP contribution in [0.3, 0.4) is 0 Å². The molecule has 19 heavy (non-hydrogen) atoms. The number of nitrogens with one attached hydrogen (secondary N) is 1. The van der Waals surface area contributed by atoms with E-state index in [-0.39, 0.29) is 0 Å². The van der Waals surface area contributed by atoms with Gasteiger partial charge in [0.2, 0.25) is 0 Å². The van der Waals surface area contributed by atoms with Crippen molar-refractivity contribution < 1.29 is 4.74 Å². The van der Waals surface area contributed by atoms with Crippen molar-refractivity contribution in [2.45, 2.75) is 45.9 Å². The van der Waals surface area contributed by atoms with E-state index in [2.05, 4.69) is 41.0 Å². The van der Waals surface area contributed by atoms with Crippen LogP contribution in [0.4, 0.5) is 5.82 Å². The van der Waals surface area contributed by atoms with E-state index in [4.69, 9.17) is 4.74 Å². The average molecular weight is 264 g/mol. The first kappa shape index (κ1) is 14.2. The van der Waals surface area contributed by atoms with E-state index in [1.807, 2.05) is 12.4 Å². The lowest BCUT2D eigenvalue weighted by Crippen LogP contribution is -2.46. The maximum atomic E-state index is 5.63. The van der Waals surface area contributed by atoms with Gasteiger partial charge in [-0.3, -0.25) is 9.88 Å². The molecule has 0 bridgehead atoms. The van der Waals surface area contributed by atoms with E-state index in [0.29, 0.717) is 12.1 Å². The third-order valence-corrected chi connectivity index (χ3v) is 3.36. The second kappa shape index (κ2) is 6.82. The minimum atomic E-state index is 0.301.